The highest BCUT2D eigenvalue weighted by molar-refractivity contribution is 9.10. The molecule has 5 nitrogen and oxygen atoms in total. The van der Waals surface area contributed by atoms with Gasteiger partial charge in [-0.25, -0.2) is 13.1 Å². The van der Waals surface area contributed by atoms with E-state index >= 15 is 0 Å². The van der Waals surface area contributed by atoms with Crippen LogP contribution in [-0.4, -0.2) is 23.4 Å². The third-order valence-electron chi connectivity index (χ3n) is 4.04. The van der Waals surface area contributed by atoms with Crippen LogP contribution in [0.4, 0.5) is 0 Å². The number of benzene rings is 2. The van der Waals surface area contributed by atoms with Crippen LogP contribution in [0.1, 0.15) is 31.0 Å². The van der Waals surface area contributed by atoms with Gasteiger partial charge in [-0.1, -0.05) is 47.1 Å². The fourth-order valence-corrected chi connectivity index (χ4v) is 4.14. The number of aromatic nitrogens is 3. The van der Waals surface area contributed by atoms with Crippen molar-refractivity contribution in [2.45, 2.75) is 36.6 Å². The van der Waals surface area contributed by atoms with Crippen molar-refractivity contribution in [3.63, 3.8) is 0 Å². The van der Waals surface area contributed by atoms with E-state index in [1.165, 1.54) is 4.68 Å². The molecule has 0 fully saturated rings. The molecular formula is C18H18BrN3O2S. The Bertz CT molecular complexity index is 992. The summed E-state index contributed by atoms with van der Waals surface area (Å²) >= 11 is 3.38. The van der Waals surface area contributed by atoms with Crippen LogP contribution >= 0.6 is 15.9 Å². The van der Waals surface area contributed by atoms with Gasteiger partial charge in [-0.2, -0.15) is 0 Å². The topological polar surface area (TPSA) is 64.8 Å². The number of hydrogen-bond acceptors (Lipinski definition) is 4. The summed E-state index contributed by atoms with van der Waals surface area (Å²) in [5.41, 5.74) is 2.33. The molecule has 3 rings (SSSR count). The molecule has 0 bridgehead atoms. The number of hydrogen-bond donors (Lipinski definition) is 0. The molecule has 130 valence electrons. The van der Waals surface area contributed by atoms with Gasteiger partial charge in [-0.15, -0.1) is 5.10 Å². The Balaban J connectivity index is 2.02. The molecular weight excluding hydrogens is 402 g/mol. The Hall–Kier alpha value is -1.99. The monoisotopic (exact) mass is 419 g/mol. The van der Waals surface area contributed by atoms with Gasteiger partial charge in [0.1, 0.15) is 0 Å². The van der Waals surface area contributed by atoms with Crippen LogP contribution in [0.15, 0.2) is 62.9 Å². The molecule has 1 heterocycles. The third-order valence-corrected chi connectivity index (χ3v) is 6.34. The minimum Gasteiger partial charge on any atom is -0.217 e. The Morgan fingerprint density at radius 3 is 2.16 bits per heavy atom. The summed E-state index contributed by atoms with van der Waals surface area (Å²) < 4.78 is 28.3. The van der Waals surface area contributed by atoms with Crippen molar-refractivity contribution in [3.8, 4) is 5.69 Å². The first-order valence-corrected chi connectivity index (χ1v) is 10.1. The van der Waals surface area contributed by atoms with E-state index in [0.29, 0.717) is 11.6 Å². The van der Waals surface area contributed by atoms with Crippen LogP contribution in [0, 0.1) is 6.92 Å². The molecule has 3 aromatic rings. The molecule has 0 spiro atoms. The summed E-state index contributed by atoms with van der Waals surface area (Å²) in [6, 6.07) is 14.4. The first-order valence-electron chi connectivity index (χ1n) is 7.84. The summed E-state index contributed by atoms with van der Waals surface area (Å²) in [6.07, 6.45) is 0. The molecule has 0 saturated heterocycles. The molecule has 0 N–H and O–H groups in total. The van der Waals surface area contributed by atoms with Gasteiger partial charge in [0.05, 0.1) is 16.3 Å². The lowest BCUT2D eigenvalue weighted by Gasteiger charge is -2.07. The Kier molecular flexibility index (Phi) is 4.79. The summed E-state index contributed by atoms with van der Waals surface area (Å²) in [4.78, 5) is 0.225. The van der Waals surface area contributed by atoms with Crippen LogP contribution < -0.4 is 0 Å². The van der Waals surface area contributed by atoms with Crippen molar-refractivity contribution in [2.24, 2.45) is 0 Å². The largest absolute Gasteiger partial charge is 0.227 e. The molecule has 2 aromatic carbocycles. The average Bonchev–Trinajstić information content (AvgIpc) is 2.98. The zero-order valence-corrected chi connectivity index (χ0v) is 16.5. The molecule has 0 aliphatic carbocycles. The van der Waals surface area contributed by atoms with Crippen molar-refractivity contribution in [1.82, 2.24) is 15.0 Å². The van der Waals surface area contributed by atoms with Gasteiger partial charge < -0.3 is 0 Å². The maximum absolute atomic E-state index is 12.9. The zero-order chi connectivity index (χ0) is 18.2. The van der Waals surface area contributed by atoms with Crippen molar-refractivity contribution in [3.05, 3.63) is 64.3 Å². The van der Waals surface area contributed by atoms with E-state index < -0.39 is 9.84 Å². The third kappa shape index (κ3) is 3.39. The summed E-state index contributed by atoms with van der Waals surface area (Å²) in [6.45, 7) is 5.84. The Labute approximate surface area is 155 Å². The van der Waals surface area contributed by atoms with Crippen molar-refractivity contribution in [2.75, 3.05) is 0 Å². The van der Waals surface area contributed by atoms with E-state index in [0.717, 1.165) is 15.7 Å². The van der Waals surface area contributed by atoms with Crippen LogP contribution in [0.3, 0.4) is 0 Å². The standard InChI is InChI=1S/C18H18BrN3O2S/c1-12(2)14-4-10-17(11-5-14)25(23,24)18-13(3)22(21-20-18)16-8-6-15(19)7-9-16/h4-12H,1-3H3. The van der Waals surface area contributed by atoms with Crippen LogP contribution in [0.5, 0.6) is 0 Å². The first kappa shape index (κ1) is 17.8. The lowest BCUT2D eigenvalue weighted by molar-refractivity contribution is 0.591. The van der Waals surface area contributed by atoms with Crippen LogP contribution in [-0.2, 0) is 9.84 Å². The molecule has 0 saturated carbocycles. The fraction of sp³-hybridized carbons (Fsp3) is 0.222. The Morgan fingerprint density at radius 2 is 1.60 bits per heavy atom. The molecule has 25 heavy (non-hydrogen) atoms. The van der Waals surface area contributed by atoms with Gasteiger partial charge in [0.15, 0.2) is 0 Å². The minimum atomic E-state index is -3.71. The second-order valence-corrected chi connectivity index (χ2v) is 8.88. The predicted molar refractivity (Wildman–Crippen MR) is 99.8 cm³/mol. The van der Waals surface area contributed by atoms with E-state index in [1.807, 2.05) is 36.4 Å². The quantitative estimate of drug-likeness (QED) is 0.632. The molecule has 0 atom stereocenters. The Morgan fingerprint density at radius 1 is 1.00 bits per heavy atom. The van der Waals surface area contributed by atoms with Crippen molar-refractivity contribution < 1.29 is 8.42 Å². The zero-order valence-electron chi connectivity index (χ0n) is 14.1. The second kappa shape index (κ2) is 6.72. The van der Waals surface area contributed by atoms with Crippen LogP contribution in [0.2, 0.25) is 0 Å². The minimum absolute atomic E-state index is 0.0206. The number of rotatable bonds is 4. The highest BCUT2D eigenvalue weighted by Crippen LogP contribution is 2.25. The molecule has 0 amide bonds. The van der Waals surface area contributed by atoms with E-state index in [-0.39, 0.29) is 9.92 Å². The molecule has 7 heteroatoms. The molecule has 1 aromatic heterocycles. The first-order chi connectivity index (χ1) is 11.8. The lowest BCUT2D eigenvalue weighted by Crippen LogP contribution is -2.06. The van der Waals surface area contributed by atoms with E-state index in [9.17, 15) is 8.42 Å². The lowest BCUT2D eigenvalue weighted by atomic mass is 10.0. The number of halogens is 1. The summed E-state index contributed by atoms with van der Waals surface area (Å²) in [7, 11) is -3.71. The van der Waals surface area contributed by atoms with Crippen molar-refractivity contribution in [1.29, 1.82) is 0 Å². The van der Waals surface area contributed by atoms with Gasteiger partial charge in [-0.05, 0) is 54.8 Å². The molecule has 0 radical (unpaired) electrons. The van der Waals surface area contributed by atoms with Gasteiger partial charge in [-0.3, -0.25) is 0 Å². The highest BCUT2D eigenvalue weighted by Gasteiger charge is 2.25. The predicted octanol–water partition coefficient (Wildman–Crippen LogP) is 4.29. The number of nitrogens with zero attached hydrogens (tertiary/aromatic N) is 3. The van der Waals surface area contributed by atoms with E-state index in [4.69, 9.17) is 0 Å². The van der Waals surface area contributed by atoms with E-state index in [1.54, 1.807) is 19.1 Å². The van der Waals surface area contributed by atoms with Crippen LogP contribution in [0.25, 0.3) is 5.69 Å². The molecule has 0 unspecified atom stereocenters. The molecule has 0 aliphatic heterocycles. The van der Waals surface area contributed by atoms with Crippen molar-refractivity contribution >= 4 is 25.8 Å². The number of sulfone groups is 1. The fourth-order valence-electron chi connectivity index (χ4n) is 2.53. The summed E-state index contributed by atoms with van der Waals surface area (Å²) in [5.74, 6) is 0.344. The van der Waals surface area contributed by atoms with Gasteiger partial charge in [0.25, 0.3) is 0 Å². The normalized spacial score (nSPS) is 11.9. The average molecular weight is 420 g/mol. The smallest absolute Gasteiger partial charge is 0.217 e. The second-order valence-electron chi connectivity index (χ2n) is 6.10. The van der Waals surface area contributed by atoms with E-state index in [2.05, 4.69) is 40.1 Å². The summed E-state index contributed by atoms with van der Waals surface area (Å²) in [5, 5.41) is 7.94. The maximum atomic E-state index is 12.9. The highest BCUT2D eigenvalue weighted by atomic mass is 79.9. The maximum Gasteiger partial charge on any atom is 0.227 e. The van der Waals surface area contributed by atoms with Gasteiger partial charge >= 0.3 is 0 Å². The SMILES string of the molecule is Cc1c(S(=O)(=O)c2ccc(C(C)C)cc2)nnn1-c1ccc(Br)cc1. The molecule has 0 aliphatic rings. The van der Waals surface area contributed by atoms with Gasteiger partial charge in [0.2, 0.25) is 14.9 Å². The van der Waals surface area contributed by atoms with Gasteiger partial charge in [0, 0.05) is 4.47 Å².